The molecule has 0 spiro atoms. The van der Waals surface area contributed by atoms with Crippen LogP contribution in [0.3, 0.4) is 0 Å². The van der Waals surface area contributed by atoms with Crippen molar-refractivity contribution < 1.29 is 38.1 Å². The van der Waals surface area contributed by atoms with E-state index in [1.54, 1.807) is 0 Å². The van der Waals surface area contributed by atoms with Crippen LogP contribution in [-0.4, -0.2) is 16.4 Å². The number of rotatable bonds is 1. The van der Waals surface area contributed by atoms with E-state index >= 15 is 0 Å². The SMILES string of the molecule is O.O.O.[CH2-]CCC.[Ti]. The van der Waals surface area contributed by atoms with E-state index in [1.807, 2.05) is 0 Å². The second-order valence-electron chi connectivity index (χ2n) is 0.854. The van der Waals surface area contributed by atoms with Crippen molar-refractivity contribution >= 4 is 0 Å². The maximum absolute atomic E-state index is 3.60. The second-order valence-corrected chi connectivity index (χ2v) is 0.854. The Bertz CT molecular complexity index is 13.2. The van der Waals surface area contributed by atoms with Crippen molar-refractivity contribution in [3.8, 4) is 0 Å². The molecule has 0 aromatic heterocycles. The standard InChI is InChI=1S/C4H9.3H2O.Ti/c1-3-4-2;;;;/h1,3-4H2,2H3;3*1H2;/q-1;;;;. The van der Waals surface area contributed by atoms with Crippen LogP contribution >= 0.6 is 0 Å². The summed E-state index contributed by atoms with van der Waals surface area (Å²) >= 11 is 0. The molecule has 0 aliphatic rings. The van der Waals surface area contributed by atoms with Crippen molar-refractivity contribution in [2.24, 2.45) is 0 Å². The van der Waals surface area contributed by atoms with Crippen molar-refractivity contribution in [1.29, 1.82) is 0 Å². The molecular formula is C4H15O3Ti-. The first-order valence-electron chi connectivity index (χ1n) is 1.71. The molecular weight excluding hydrogens is 144 g/mol. The maximum atomic E-state index is 3.60. The summed E-state index contributed by atoms with van der Waals surface area (Å²) in [5.41, 5.74) is 0. The average Bonchev–Trinajstić information content (AvgIpc) is 1.37. The summed E-state index contributed by atoms with van der Waals surface area (Å²) < 4.78 is 0. The molecule has 54 valence electrons. The Kier molecular flexibility index (Phi) is 235. The zero-order valence-electron chi connectivity index (χ0n) is 5.12. The second kappa shape index (κ2) is 49.1. The Balaban J connectivity index is -0.00000000750. The molecule has 0 atom stereocenters. The van der Waals surface area contributed by atoms with Gasteiger partial charge in [0, 0.05) is 21.7 Å². The third-order valence-corrected chi connectivity index (χ3v) is 0.354. The molecule has 0 saturated heterocycles. The van der Waals surface area contributed by atoms with E-state index in [0.29, 0.717) is 0 Å². The van der Waals surface area contributed by atoms with Gasteiger partial charge in [-0.3, -0.25) is 0 Å². The van der Waals surface area contributed by atoms with Gasteiger partial charge in [-0.05, 0) is 0 Å². The van der Waals surface area contributed by atoms with Gasteiger partial charge in [0.15, 0.2) is 0 Å². The first-order chi connectivity index (χ1) is 1.91. The van der Waals surface area contributed by atoms with Gasteiger partial charge >= 0.3 is 0 Å². The fourth-order valence-corrected chi connectivity index (χ4v) is 0. The normalized spacial score (nSPS) is 3.75. The first-order valence-corrected chi connectivity index (χ1v) is 1.71. The van der Waals surface area contributed by atoms with Crippen LogP contribution in [0.25, 0.3) is 0 Å². The minimum Gasteiger partial charge on any atom is -0.412 e. The molecule has 8 heavy (non-hydrogen) atoms. The van der Waals surface area contributed by atoms with E-state index in [-0.39, 0.29) is 38.1 Å². The molecule has 0 aromatic carbocycles. The van der Waals surface area contributed by atoms with Crippen molar-refractivity contribution in [3.05, 3.63) is 6.92 Å². The third-order valence-electron chi connectivity index (χ3n) is 0.354. The maximum Gasteiger partial charge on any atom is 0 e. The summed E-state index contributed by atoms with van der Waals surface area (Å²) in [5.74, 6) is 0. The zero-order valence-corrected chi connectivity index (χ0v) is 6.68. The minimum atomic E-state index is 0. The van der Waals surface area contributed by atoms with Crippen LogP contribution in [0.2, 0.25) is 0 Å². The molecule has 0 fully saturated rings. The molecule has 0 heterocycles. The molecule has 0 aromatic rings. The smallest absolute Gasteiger partial charge is 0 e. The van der Waals surface area contributed by atoms with Gasteiger partial charge in [0.05, 0.1) is 0 Å². The van der Waals surface area contributed by atoms with Gasteiger partial charge < -0.3 is 23.4 Å². The number of unbranched alkanes of at least 4 members (excludes halogenated alkanes) is 1. The van der Waals surface area contributed by atoms with Gasteiger partial charge in [0.2, 0.25) is 0 Å². The van der Waals surface area contributed by atoms with E-state index < -0.39 is 0 Å². The van der Waals surface area contributed by atoms with E-state index in [4.69, 9.17) is 0 Å². The van der Waals surface area contributed by atoms with Crippen LogP contribution in [0.5, 0.6) is 0 Å². The van der Waals surface area contributed by atoms with Gasteiger partial charge in [-0.15, -0.1) is 0 Å². The van der Waals surface area contributed by atoms with Gasteiger partial charge in [-0.2, -0.15) is 6.42 Å². The van der Waals surface area contributed by atoms with Crippen molar-refractivity contribution in [2.75, 3.05) is 0 Å². The monoisotopic (exact) mass is 159 g/mol. The third kappa shape index (κ3) is 81.2. The fourth-order valence-electron chi connectivity index (χ4n) is 0. The largest absolute Gasteiger partial charge is 0.412 e. The Morgan fingerprint density at radius 2 is 1.25 bits per heavy atom. The van der Waals surface area contributed by atoms with Crippen molar-refractivity contribution in [1.82, 2.24) is 0 Å². The summed E-state index contributed by atoms with van der Waals surface area (Å²) in [7, 11) is 0. The van der Waals surface area contributed by atoms with Gasteiger partial charge in [0.1, 0.15) is 0 Å². The van der Waals surface area contributed by atoms with E-state index in [0.717, 1.165) is 6.42 Å². The van der Waals surface area contributed by atoms with Crippen LogP contribution in [0, 0.1) is 6.92 Å². The van der Waals surface area contributed by atoms with E-state index in [1.165, 1.54) is 6.42 Å². The average molecular weight is 159 g/mol. The Morgan fingerprint density at radius 3 is 1.25 bits per heavy atom. The molecule has 0 bridgehead atoms. The summed E-state index contributed by atoms with van der Waals surface area (Å²) in [6, 6.07) is 0. The minimum absolute atomic E-state index is 0. The quantitative estimate of drug-likeness (QED) is 0.351. The van der Waals surface area contributed by atoms with Gasteiger partial charge in [0.25, 0.3) is 0 Å². The van der Waals surface area contributed by atoms with Crippen LogP contribution in [0.4, 0.5) is 0 Å². The molecule has 4 heteroatoms. The van der Waals surface area contributed by atoms with Crippen LogP contribution < -0.4 is 0 Å². The molecule has 0 aliphatic heterocycles. The number of hydrogen-bond donors (Lipinski definition) is 0. The summed E-state index contributed by atoms with van der Waals surface area (Å²) in [4.78, 5) is 0. The molecule has 0 saturated carbocycles. The van der Waals surface area contributed by atoms with Gasteiger partial charge in [-0.25, -0.2) is 0 Å². The Hall–Kier alpha value is 0.594. The molecule has 0 amide bonds. The van der Waals surface area contributed by atoms with Crippen LogP contribution in [-0.2, 0) is 21.7 Å². The van der Waals surface area contributed by atoms with Crippen LogP contribution in [0.1, 0.15) is 19.8 Å². The Morgan fingerprint density at radius 1 is 1.12 bits per heavy atom. The molecule has 0 aliphatic carbocycles. The predicted octanol–water partition coefficient (Wildman–Crippen LogP) is -0.856. The fraction of sp³-hybridized carbons (Fsp3) is 0.750. The first kappa shape index (κ1) is 38.4. The van der Waals surface area contributed by atoms with Crippen LogP contribution in [0.15, 0.2) is 0 Å². The summed E-state index contributed by atoms with van der Waals surface area (Å²) in [5, 5.41) is 0. The molecule has 0 rings (SSSR count). The van der Waals surface area contributed by atoms with E-state index in [9.17, 15) is 0 Å². The van der Waals surface area contributed by atoms with Crippen molar-refractivity contribution in [2.45, 2.75) is 19.8 Å². The topological polar surface area (TPSA) is 94.5 Å². The molecule has 0 radical (unpaired) electrons. The summed E-state index contributed by atoms with van der Waals surface area (Å²) in [6.07, 6.45) is 2.28. The van der Waals surface area contributed by atoms with Gasteiger partial charge in [-0.1, -0.05) is 13.3 Å². The molecule has 0 unspecified atom stereocenters. The summed E-state index contributed by atoms with van der Waals surface area (Å²) in [6.45, 7) is 5.72. The van der Waals surface area contributed by atoms with Crippen molar-refractivity contribution in [3.63, 3.8) is 0 Å². The predicted molar refractivity (Wildman–Crippen MR) is 31.1 cm³/mol. The molecule has 3 nitrogen and oxygen atoms in total. The van der Waals surface area contributed by atoms with E-state index in [2.05, 4.69) is 13.8 Å². The Labute approximate surface area is 65.3 Å². The molecule has 6 N–H and O–H groups in total. The number of hydrogen-bond acceptors (Lipinski definition) is 0. The zero-order chi connectivity index (χ0) is 3.41.